The van der Waals surface area contributed by atoms with Crippen molar-refractivity contribution in [1.29, 1.82) is 0 Å². The van der Waals surface area contributed by atoms with Crippen molar-refractivity contribution in [1.82, 2.24) is 29.8 Å². The highest BCUT2D eigenvalue weighted by molar-refractivity contribution is 5.93. The van der Waals surface area contributed by atoms with Crippen molar-refractivity contribution < 1.29 is 9.18 Å². The van der Waals surface area contributed by atoms with Crippen LogP contribution in [0.25, 0.3) is 11.4 Å². The van der Waals surface area contributed by atoms with Crippen molar-refractivity contribution in [3.05, 3.63) is 66.3 Å². The van der Waals surface area contributed by atoms with Crippen molar-refractivity contribution >= 4 is 5.91 Å². The minimum Gasteiger partial charge on any atom is -0.350 e. The van der Waals surface area contributed by atoms with Gasteiger partial charge in [0, 0.05) is 31.0 Å². The SMILES string of the molecule is Nn1c(C(=O)NCC2CCN(Cc3ncccn3)C2)cnc1-c1ccc(F)cc1. The molecule has 3 aromatic rings. The van der Waals surface area contributed by atoms with E-state index in [2.05, 4.69) is 25.2 Å². The summed E-state index contributed by atoms with van der Waals surface area (Å²) >= 11 is 0. The maximum atomic E-state index is 13.1. The van der Waals surface area contributed by atoms with Crippen LogP contribution in [0, 0.1) is 11.7 Å². The number of halogens is 1. The van der Waals surface area contributed by atoms with Crippen LogP contribution in [-0.4, -0.2) is 50.1 Å². The van der Waals surface area contributed by atoms with Crippen molar-refractivity contribution in [3.8, 4) is 11.4 Å². The summed E-state index contributed by atoms with van der Waals surface area (Å²) < 4.78 is 14.3. The average Bonchev–Trinajstić information content (AvgIpc) is 3.34. The normalized spacial score (nSPS) is 16.8. The molecule has 0 saturated carbocycles. The Balaban J connectivity index is 1.32. The first-order chi connectivity index (χ1) is 14.1. The van der Waals surface area contributed by atoms with Crippen LogP contribution in [0.3, 0.4) is 0 Å². The lowest BCUT2D eigenvalue weighted by Crippen LogP contribution is -2.33. The maximum absolute atomic E-state index is 13.1. The van der Waals surface area contributed by atoms with Gasteiger partial charge in [-0.1, -0.05) is 0 Å². The molecule has 0 spiro atoms. The van der Waals surface area contributed by atoms with E-state index >= 15 is 0 Å². The summed E-state index contributed by atoms with van der Waals surface area (Å²) in [4.78, 5) is 27.6. The summed E-state index contributed by atoms with van der Waals surface area (Å²) in [5.41, 5.74) is 0.902. The first-order valence-corrected chi connectivity index (χ1v) is 9.45. The fraction of sp³-hybridized carbons (Fsp3) is 0.300. The second-order valence-corrected chi connectivity index (χ2v) is 7.11. The van der Waals surface area contributed by atoms with E-state index in [1.54, 1.807) is 30.6 Å². The molecule has 150 valence electrons. The molecule has 1 amide bonds. The third-order valence-corrected chi connectivity index (χ3v) is 5.04. The molecule has 1 saturated heterocycles. The summed E-state index contributed by atoms with van der Waals surface area (Å²) in [5.74, 6) is 6.99. The zero-order valence-corrected chi connectivity index (χ0v) is 15.8. The van der Waals surface area contributed by atoms with Gasteiger partial charge in [0.2, 0.25) is 0 Å². The minimum atomic E-state index is -0.341. The molecule has 1 atom stereocenters. The largest absolute Gasteiger partial charge is 0.350 e. The summed E-state index contributed by atoms with van der Waals surface area (Å²) in [6.45, 7) is 3.09. The number of carbonyl (C=O) groups is 1. The molecular weight excluding hydrogens is 373 g/mol. The van der Waals surface area contributed by atoms with Crippen LogP contribution >= 0.6 is 0 Å². The number of benzene rings is 1. The topological polar surface area (TPSA) is 102 Å². The number of hydrogen-bond donors (Lipinski definition) is 2. The molecule has 29 heavy (non-hydrogen) atoms. The predicted molar refractivity (Wildman–Crippen MR) is 106 cm³/mol. The summed E-state index contributed by atoms with van der Waals surface area (Å²) in [7, 11) is 0. The number of imidazole rings is 1. The number of nitrogens with two attached hydrogens (primary N) is 1. The van der Waals surface area contributed by atoms with Gasteiger partial charge in [-0.2, -0.15) is 0 Å². The van der Waals surface area contributed by atoms with E-state index < -0.39 is 0 Å². The number of rotatable bonds is 6. The van der Waals surface area contributed by atoms with Crippen molar-refractivity contribution in [2.75, 3.05) is 25.5 Å². The van der Waals surface area contributed by atoms with Crippen LogP contribution in [0.4, 0.5) is 4.39 Å². The van der Waals surface area contributed by atoms with Crippen LogP contribution in [-0.2, 0) is 6.54 Å². The second-order valence-electron chi connectivity index (χ2n) is 7.11. The number of hydrogen-bond acceptors (Lipinski definition) is 6. The van der Waals surface area contributed by atoms with Gasteiger partial charge in [0.15, 0.2) is 5.82 Å². The summed E-state index contributed by atoms with van der Waals surface area (Å²) in [6, 6.07) is 7.61. The van der Waals surface area contributed by atoms with Gasteiger partial charge in [-0.3, -0.25) is 9.69 Å². The first kappa shape index (κ1) is 19.0. The van der Waals surface area contributed by atoms with Crippen molar-refractivity contribution in [2.24, 2.45) is 5.92 Å². The molecule has 2 aromatic heterocycles. The van der Waals surface area contributed by atoms with Gasteiger partial charge in [0.05, 0.1) is 12.7 Å². The van der Waals surface area contributed by atoms with Crippen LogP contribution in [0.5, 0.6) is 0 Å². The van der Waals surface area contributed by atoms with Gasteiger partial charge in [-0.25, -0.2) is 24.0 Å². The Morgan fingerprint density at radius 2 is 1.97 bits per heavy atom. The number of nitrogens with zero attached hydrogens (tertiary/aromatic N) is 5. The van der Waals surface area contributed by atoms with Crippen molar-refractivity contribution in [3.63, 3.8) is 0 Å². The molecule has 8 nitrogen and oxygen atoms in total. The molecule has 1 aliphatic rings. The van der Waals surface area contributed by atoms with Crippen LogP contribution in [0.1, 0.15) is 22.7 Å². The maximum Gasteiger partial charge on any atom is 0.271 e. The number of likely N-dealkylation sites (tertiary alicyclic amines) is 1. The minimum absolute atomic E-state index is 0.261. The zero-order valence-electron chi connectivity index (χ0n) is 15.8. The van der Waals surface area contributed by atoms with E-state index in [1.165, 1.54) is 23.0 Å². The monoisotopic (exact) mass is 395 g/mol. The first-order valence-electron chi connectivity index (χ1n) is 9.45. The van der Waals surface area contributed by atoms with E-state index in [0.29, 0.717) is 30.4 Å². The van der Waals surface area contributed by atoms with Crippen LogP contribution in [0.2, 0.25) is 0 Å². The molecule has 0 bridgehead atoms. The highest BCUT2D eigenvalue weighted by atomic mass is 19.1. The van der Waals surface area contributed by atoms with Gasteiger partial charge < -0.3 is 11.2 Å². The number of nitrogens with one attached hydrogen (secondary N) is 1. The lowest BCUT2D eigenvalue weighted by molar-refractivity contribution is 0.0940. The van der Waals surface area contributed by atoms with Gasteiger partial charge in [0.25, 0.3) is 5.91 Å². The van der Waals surface area contributed by atoms with Gasteiger partial charge in [-0.15, -0.1) is 0 Å². The smallest absolute Gasteiger partial charge is 0.271 e. The molecule has 0 radical (unpaired) electrons. The van der Waals surface area contributed by atoms with E-state index in [4.69, 9.17) is 5.84 Å². The fourth-order valence-corrected chi connectivity index (χ4v) is 3.50. The Bertz CT molecular complexity index is 974. The Kier molecular flexibility index (Phi) is 5.48. The van der Waals surface area contributed by atoms with Gasteiger partial charge in [0.1, 0.15) is 17.3 Å². The fourth-order valence-electron chi connectivity index (χ4n) is 3.50. The molecule has 3 N–H and O–H groups in total. The Morgan fingerprint density at radius 3 is 2.72 bits per heavy atom. The van der Waals surface area contributed by atoms with Gasteiger partial charge in [-0.05, 0) is 49.2 Å². The third kappa shape index (κ3) is 4.40. The Morgan fingerprint density at radius 1 is 1.21 bits per heavy atom. The van der Waals surface area contributed by atoms with E-state index in [-0.39, 0.29) is 17.4 Å². The molecular formula is C20H22FN7O. The molecule has 1 fully saturated rings. The Hall–Kier alpha value is -3.33. The lowest BCUT2D eigenvalue weighted by Gasteiger charge is -2.15. The quantitative estimate of drug-likeness (QED) is 0.613. The number of carbonyl (C=O) groups excluding carboxylic acids is 1. The lowest BCUT2D eigenvalue weighted by atomic mass is 10.1. The second kappa shape index (κ2) is 8.36. The molecule has 1 aliphatic heterocycles. The van der Waals surface area contributed by atoms with E-state index in [0.717, 1.165) is 25.3 Å². The van der Waals surface area contributed by atoms with Gasteiger partial charge >= 0.3 is 0 Å². The molecule has 1 aromatic carbocycles. The number of aromatic nitrogens is 4. The molecule has 3 heterocycles. The molecule has 4 rings (SSSR count). The molecule has 9 heteroatoms. The zero-order chi connectivity index (χ0) is 20.2. The molecule has 0 aliphatic carbocycles. The Labute approximate surface area is 167 Å². The van der Waals surface area contributed by atoms with Crippen LogP contribution in [0.15, 0.2) is 48.9 Å². The summed E-state index contributed by atoms with van der Waals surface area (Å²) in [5, 5.41) is 2.94. The highest BCUT2D eigenvalue weighted by Gasteiger charge is 2.24. The standard InChI is InChI=1S/C20H22FN7O/c21-16-4-2-15(3-5-16)19-25-11-17(28(19)22)20(29)26-10-14-6-9-27(12-14)13-18-23-7-1-8-24-18/h1-5,7-8,11,14H,6,9-10,12-13,22H2,(H,26,29). The predicted octanol–water partition coefficient (Wildman–Crippen LogP) is 1.44. The average molecular weight is 395 g/mol. The van der Waals surface area contributed by atoms with Crippen molar-refractivity contribution in [2.45, 2.75) is 13.0 Å². The van der Waals surface area contributed by atoms with E-state index in [9.17, 15) is 9.18 Å². The van der Waals surface area contributed by atoms with E-state index in [1.807, 2.05) is 0 Å². The van der Waals surface area contributed by atoms with Crippen LogP contribution < -0.4 is 11.2 Å². The number of amides is 1. The summed E-state index contributed by atoms with van der Waals surface area (Å²) in [6.07, 6.45) is 5.91. The highest BCUT2D eigenvalue weighted by Crippen LogP contribution is 2.19. The molecule has 1 unspecified atom stereocenters. The third-order valence-electron chi connectivity index (χ3n) is 5.04. The number of nitrogen functional groups attached to an aromatic ring is 1.